The third kappa shape index (κ3) is 4.76. The lowest BCUT2D eigenvalue weighted by molar-refractivity contribution is -0.127. The van der Waals surface area contributed by atoms with Crippen molar-refractivity contribution in [2.45, 2.75) is 25.7 Å². The molecule has 0 radical (unpaired) electrons. The van der Waals surface area contributed by atoms with Gasteiger partial charge in [-0.15, -0.1) is 0 Å². The molecule has 0 bridgehead atoms. The highest BCUT2D eigenvalue weighted by Gasteiger charge is 2.33. The van der Waals surface area contributed by atoms with Crippen LogP contribution in [0.5, 0.6) is 0 Å². The van der Waals surface area contributed by atoms with Crippen LogP contribution in [0.25, 0.3) is 0 Å². The zero-order chi connectivity index (χ0) is 16.8. The Morgan fingerprint density at radius 1 is 1.08 bits per heavy atom. The van der Waals surface area contributed by atoms with Gasteiger partial charge in [0.2, 0.25) is 5.91 Å². The fraction of sp³-hybridized carbons (Fsp3) is 0.650. The molecule has 4 heteroatoms. The molecule has 2 aliphatic rings. The molecule has 0 spiro atoms. The lowest BCUT2D eigenvalue weighted by Crippen LogP contribution is -2.38. The Kier molecular flexibility index (Phi) is 6.61. The molecule has 3 rings (SSSR count). The fourth-order valence-electron chi connectivity index (χ4n) is 4.19. The number of benzene rings is 1. The highest BCUT2D eigenvalue weighted by Crippen LogP contribution is 2.32. The normalized spacial score (nSPS) is 22.9. The third-order valence-electron chi connectivity index (χ3n) is 5.70. The Bertz CT molecular complexity index is 514. The second kappa shape index (κ2) is 8.91. The van der Waals surface area contributed by atoms with E-state index in [1.165, 1.54) is 44.5 Å². The first-order valence-electron chi connectivity index (χ1n) is 9.29. The molecule has 1 amide bonds. The largest absolute Gasteiger partial charge is 0.342 e. The summed E-state index contributed by atoms with van der Waals surface area (Å²) in [5.41, 5.74) is 1.44. The van der Waals surface area contributed by atoms with Crippen molar-refractivity contribution in [1.82, 2.24) is 9.80 Å². The summed E-state index contributed by atoms with van der Waals surface area (Å²) in [4.78, 5) is 16.8. The van der Waals surface area contributed by atoms with Gasteiger partial charge in [0, 0.05) is 19.6 Å². The van der Waals surface area contributed by atoms with Crippen molar-refractivity contribution >= 4 is 17.7 Å². The Morgan fingerprint density at radius 3 is 2.50 bits per heavy atom. The van der Waals surface area contributed by atoms with Gasteiger partial charge in [-0.1, -0.05) is 30.3 Å². The molecule has 3 nitrogen and oxygen atoms in total. The van der Waals surface area contributed by atoms with Gasteiger partial charge in [0.1, 0.15) is 0 Å². The summed E-state index contributed by atoms with van der Waals surface area (Å²) >= 11 is 1.64. The number of hydrogen-bond acceptors (Lipinski definition) is 3. The van der Waals surface area contributed by atoms with Gasteiger partial charge in [0.25, 0.3) is 0 Å². The molecule has 1 atom stereocenters. The average molecular weight is 347 g/mol. The van der Waals surface area contributed by atoms with Gasteiger partial charge in [-0.3, -0.25) is 4.79 Å². The Morgan fingerprint density at radius 2 is 1.79 bits per heavy atom. The predicted octanol–water partition coefficient (Wildman–Crippen LogP) is 3.15. The second-order valence-electron chi connectivity index (χ2n) is 7.24. The van der Waals surface area contributed by atoms with Crippen molar-refractivity contribution < 1.29 is 4.79 Å². The van der Waals surface area contributed by atoms with E-state index in [1.54, 1.807) is 11.8 Å². The molecular formula is C20H30N2OS. The molecule has 132 valence electrons. The molecule has 24 heavy (non-hydrogen) atoms. The minimum absolute atomic E-state index is 0.338. The van der Waals surface area contributed by atoms with Crippen LogP contribution in [0.1, 0.15) is 24.8 Å². The molecular weight excluding hydrogens is 316 g/mol. The molecule has 1 aromatic carbocycles. The predicted molar refractivity (Wildman–Crippen MR) is 102 cm³/mol. The Hall–Kier alpha value is -1.00. The topological polar surface area (TPSA) is 23.6 Å². The van der Waals surface area contributed by atoms with Crippen LogP contribution in [0.3, 0.4) is 0 Å². The number of rotatable bonds is 6. The minimum atomic E-state index is 0.338. The molecule has 0 aliphatic carbocycles. The third-order valence-corrected chi connectivity index (χ3v) is 6.24. The van der Waals surface area contributed by atoms with E-state index in [1.807, 2.05) is 6.26 Å². The van der Waals surface area contributed by atoms with Crippen molar-refractivity contribution in [2.75, 3.05) is 44.7 Å². The molecule has 0 saturated carbocycles. The molecule has 2 fully saturated rings. The molecule has 0 aromatic heterocycles. The van der Waals surface area contributed by atoms with Crippen molar-refractivity contribution in [3.8, 4) is 0 Å². The van der Waals surface area contributed by atoms with Crippen LogP contribution in [-0.2, 0) is 11.2 Å². The standard InChI is InChI=1S/C20H30N2OS/c1-24-16-20(23)22-14-10-19(15-22)18-8-12-21(13-9-18)11-7-17-5-3-2-4-6-17/h2-6,18-19H,7-16H2,1H3. The van der Waals surface area contributed by atoms with E-state index in [0.29, 0.717) is 11.7 Å². The first-order chi connectivity index (χ1) is 11.8. The van der Waals surface area contributed by atoms with E-state index in [-0.39, 0.29) is 0 Å². The smallest absolute Gasteiger partial charge is 0.232 e. The van der Waals surface area contributed by atoms with E-state index in [0.717, 1.165) is 31.3 Å². The number of likely N-dealkylation sites (tertiary alicyclic amines) is 2. The van der Waals surface area contributed by atoms with E-state index >= 15 is 0 Å². The van der Waals surface area contributed by atoms with E-state index in [9.17, 15) is 4.79 Å². The summed E-state index contributed by atoms with van der Waals surface area (Å²) in [7, 11) is 0. The highest BCUT2D eigenvalue weighted by atomic mass is 32.2. The van der Waals surface area contributed by atoms with Crippen LogP contribution < -0.4 is 0 Å². The molecule has 2 heterocycles. The van der Waals surface area contributed by atoms with Gasteiger partial charge >= 0.3 is 0 Å². The summed E-state index contributed by atoms with van der Waals surface area (Å²) in [6.07, 6.45) is 7.01. The van der Waals surface area contributed by atoms with Crippen LogP contribution in [-0.4, -0.2) is 60.4 Å². The maximum Gasteiger partial charge on any atom is 0.232 e. The lowest BCUT2D eigenvalue weighted by atomic mass is 9.83. The first kappa shape index (κ1) is 17.8. The monoisotopic (exact) mass is 346 g/mol. The molecule has 0 N–H and O–H groups in total. The molecule has 1 aromatic rings. The summed E-state index contributed by atoms with van der Waals surface area (Å²) in [6, 6.07) is 10.8. The number of thioether (sulfide) groups is 1. The van der Waals surface area contributed by atoms with Crippen LogP contribution >= 0.6 is 11.8 Å². The van der Waals surface area contributed by atoms with Crippen LogP contribution in [0.2, 0.25) is 0 Å². The molecule has 2 aliphatic heterocycles. The summed E-state index contributed by atoms with van der Waals surface area (Å²) < 4.78 is 0. The van der Waals surface area contributed by atoms with Gasteiger partial charge in [-0.2, -0.15) is 11.8 Å². The van der Waals surface area contributed by atoms with Crippen molar-refractivity contribution in [3.05, 3.63) is 35.9 Å². The first-order valence-corrected chi connectivity index (χ1v) is 10.7. The van der Waals surface area contributed by atoms with Crippen LogP contribution in [0, 0.1) is 11.8 Å². The minimum Gasteiger partial charge on any atom is -0.342 e. The van der Waals surface area contributed by atoms with Crippen molar-refractivity contribution in [1.29, 1.82) is 0 Å². The number of amides is 1. The van der Waals surface area contributed by atoms with Crippen molar-refractivity contribution in [2.24, 2.45) is 11.8 Å². The number of carbonyl (C=O) groups excluding carboxylic acids is 1. The second-order valence-corrected chi connectivity index (χ2v) is 8.10. The Balaban J connectivity index is 1.39. The van der Waals surface area contributed by atoms with Gasteiger partial charge < -0.3 is 9.80 Å². The maximum absolute atomic E-state index is 12.0. The summed E-state index contributed by atoms with van der Waals surface area (Å²) in [6.45, 7) is 5.63. The number of carbonyl (C=O) groups is 1. The van der Waals surface area contributed by atoms with Crippen molar-refractivity contribution in [3.63, 3.8) is 0 Å². The maximum atomic E-state index is 12.0. The SMILES string of the molecule is CSCC(=O)N1CCC(C2CCN(CCc3ccccc3)CC2)C1. The zero-order valence-corrected chi connectivity index (χ0v) is 15.6. The average Bonchev–Trinajstić information content (AvgIpc) is 3.12. The van der Waals surface area contributed by atoms with E-state index < -0.39 is 0 Å². The van der Waals surface area contributed by atoms with Crippen LogP contribution in [0.4, 0.5) is 0 Å². The molecule has 1 unspecified atom stereocenters. The molecule has 2 saturated heterocycles. The van der Waals surface area contributed by atoms with Gasteiger partial charge in [-0.25, -0.2) is 0 Å². The quantitative estimate of drug-likeness (QED) is 0.790. The summed E-state index contributed by atoms with van der Waals surface area (Å²) in [5.74, 6) is 2.55. The number of nitrogens with zero attached hydrogens (tertiary/aromatic N) is 2. The number of hydrogen-bond donors (Lipinski definition) is 0. The van der Waals surface area contributed by atoms with Gasteiger partial charge in [0.05, 0.1) is 5.75 Å². The van der Waals surface area contributed by atoms with Crippen LogP contribution in [0.15, 0.2) is 30.3 Å². The highest BCUT2D eigenvalue weighted by molar-refractivity contribution is 7.99. The van der Waals surface area contributed by atoms with Gasteiger partial charge in [0.15, 0.2) is 0 Å². The fourth-order valence-corrected chi connectivity index (χ4v) is 4.62. The lowest BCUT2D eigenvalue weighted by Gasteiger charge is -2.34. The zero-order valence-electron chi connectivity index (χ0n) is 14.8. The summed E-state index contributed by atoms with van der Waals surface area (Å²) in [5, 5.41) is 0. The van der Waals surface area contributed by atoms with E-state index in [2.05, 4.69) is 40.1 Å². The Labute approximate surface area is 150 Å². The number of piperidine rings is 1. The van der Waals surface area contributed by atoms with E-state index in [4.69, 9.17) is 0 Å². The van der Waals surface area contributed by atoms with Gasteiger partial charge in [-0.05, 0) is 62.4 Å².